The van der Waals surface area contributed by atoms with E-state index in [1.54, 1.807) is 12.1 Å². The molecular formula is C24H15ClF. The molecule has 0 unspecified atom stereocenters. The Morgan fingerprint density at radius 1 is 0.615 bits per heavy atom. The van der Waals surface area contributed by atoms with Crippen LogP contribution in [0.5, 0.6) is 0 Å². The first kappa shape index (κ1) is 16.6. The molecular weight excluding hydrogens is 343 g/mol. The van der Waals surface area contributed by atoms with E-state index in [1.165, 1.54) is 12.1 Å². The van der Waals surface area contributed by atoms with Crippen molar-refractivity contribution in [3.05, 3.63) is 108 Å². The minimum absolute atomic E-state index is 0.224. The average molecular weight is 358 g/mol. The van der Waals surface area contributed by atoms with E-state index in [0.717, 1.165) is 38.4 Å². The molecule has 0 saturated carbocycles. The first-order valence-electron chi connectivity index (χ1n) is 8.33. The molecule has 0 aliphatic rings. The van der Waals surface area contributed by atoms with Crippen LogP contribution in [0.4, 0.5) is 4.39 Å². The molecule has 0 amide bonds. The summed E-state index contributed by atoms with van der Waals surface area (Å²) < 4.78 is 13.1. The summed E-state index contributed by atoms with van der Waals surface area (Å²) in [6.45, 7) is 0. The summed E-state index contributed by atoms with van der Waals surface area (Å²) in [6.07, 6.45) is 0. The summed E-state index contributed by atoms with van der Waals surface area (Å²) in [6, 6.07) is 31.9. The molecule has 0 aliphatic heterocycles. The van der Waals surface area contributed by atoms with Gasteiger partial charge in [0.1, 0.15) is 5.82 Å². The quantitative estimate of drug-likeness (QED) is 0.361. The average Bonchev–Trinajstić information content (AvgIpc) is 2.69. The molecule has 0 aromatic heterocycles. The Hall–Kier alpha value is -2.90. The van der Waals surface area contributed by atoms with E-state index < -0.39 is 0 Å². The Morgan fingerprint density at radius 3 is 1.92 bits per heavy atom. The Labute approximate surface area is 157 Å². The van der Waals surface area contributed by atoms with Gasteiger partial charge in [-0.05, 0) is 69.8 Å². The second-order valence-corrected chi connectivity index (χ2v) is 6.52. The zero-order valence-electron chi connectivity index (χ0n) is 13.9. The highest BCUT2D eigenvalue weighted by Gasteiger charge is 2.04. The molecule has 0 heterocycles. The third-order valence-electron chi connectivity index (χ3n) is 4.33. The molecule has 0 nitrogen and oxygen atoms in total. The largest absolute Gasteiger partial charge is 0.207 e. The summed E-state index contributed by atoms with van der Waals surface area (Å²) in [4.78, 5) is 0. The summed E-state index contributed by atoms with van der Waals surface area (Å²) in [5, 5.41) is 0.723. The SMILES string of the molecule is Fc1ccc(-c2ccc(-c3[c]ccc(-c4cccc(Cl)c4)c3)cc2)cc1. The molecule has 125 valence electrons. The van der Waals surface area contributed by atoms with Crippen LogP contribution in [0.2, 0.25) is 5.02 Å². The maximum Gasteiger partial charge on any atom is 0.123 e. The minimum atomic E-state index is -0.224. The zero-order chi connectivity index (χ0) is 17.9. The molecule has 2 heteroatoms. The first-order chi connectivity index (χ1) is 12.7. The number of benzene rings is 4. The molecule has 0 aliphatic carbocycles. The van der Waals surface area contributed by atoms with Gasteiger partial charge in [0, 0.05) is 5.02 Å². The maximum atomic E-state index is 13.1. The van der Waals surface area contributed by atoms with Crippen LogP contribution in [-0.4, -0.2) is 0 Å². The predicted molar refractivity (Wildman–Crippen MR) is 107 cm³/mol. The van der Waals surface area contributed by atoms with Gasteiger partial charge in [0.2, 0.25) is 0 Å². The first-order valence-corrected chi connectivity index (χ1v) is 8.71. The van der Waals surface area contributed by atoms with Crippen molar-refractivity contribution in [2.45, 2.75) is 0 Å². The fourth-order valence-corrected chi connectivity index (χ4v) is 3.16. The highest BCUT2D eigenvalue weighted by atomic mass is 35.5. The molecule has 4 aromatic rings. The standard InChI is InChI=1S/C24H15ClF/c25-23-6-2-5-22(16-23)21-4-1-3-20(15-21)19-9-7-17(8-10-19)18-11-13-24(26)14-12-18/h1-2,4-16H. The van der Waals surface area contributed by atoms with Crippen molar-refractivity contribution < 1.29 is 4.39 Å². The summed E-state index contributed by atoms with van der Waals surface area (Å²) in [5.74, 6) is -0.224. The van der Waals surface area contributed by atoms with Gasteiger partial charge in [-0.15, -0.1) is 0 Å². The van der Waals surface area contributed by atoms with Crippen molar-refractivity contribution >= 4 is 11.6 Å². The van der Waals surface area contributed by atoms with Gasteiger partial charge in [-0.25, -0.2) is 4.39 Å². The number of hydrogen-bond donors (Lipinski definition) is 0. The summed E-state index contributed by atoms with van der Waals surface area (Å²) in [5.41, 5.74) is 6.33. The number of hydrogen-bond acceptors (Lipinski definition) is 0. The Morgan fingerprint density at radius 2 is 1.23 bits per heavy atom. The molecule has 0 atom stereocenters. The van der Waals surface area contributed by atoms with Crippen molar-refractivity contribution in [2.24, 2.45) is 0 Å². The van der Waals surface area contributed by atoms with Gasteiger partial charge < -0.3 is 0 Å². The van der Waals surface area contributed by atoms with Gasteiger partial charge in [-0.3, -0.25) is 0 Å². The van der Waals surface area contributed by atoms with Crippen LogP contribution in [0.1, 0.15) is 0 Å². The van der Waals surface area contributed by atoms with E-state index in [9.17, 15) is 4.39 Å². The van der Waals surface area contributed by atoms with Crippen LogP contribution in [0.3, 0.4) is 0 Å². The fraction of sp³-hybridized carbons (Fsp3) is 0. The molecule has 0 fully saturated rings. The normalized spacial score (nSPS) is 10.7. The van der Waals surface area contributed by atoms with Crippen molar-refractivity contribution in [2.75, 3.05) is 0 Å². The van der Waals surface area contributed by atoms with E-state index in [4.69, 9.17) is 11.6 Å². The van der Waals surface area contributed by atoms with Gasteiger partial charge in [0.25, 0.3) is 0 Å². The lowest BCUT2D eigenvalue weighted by Crippen LogP contribution is -1.83. The third kappa shape index (κ3) is 3.54. The Balaban J connectivity index is 1.65. The lowest BCUT2D eigenvalue weighted by molar-refractivity contribution is 0.628. The van der Waals surface area contributed by atoms with Gasteiger partial charge in [-0.2, -0.15) is 0 Å². The monoisotopic (exact) mass is 357 g/mol. The summed E-state index contributed by atoms with van der Waals surface area (Å²) >= 11 is 6.11. The van der Waals surface area contributed by atoms with Gasteiger partial charge in [0.05, 0.1) is 0 Å². The van der Waals surface area contributed by atoms with Crippen molar-refractivity contribution in [1.29, 1.82) is 0 Å². The van der Waals surface area contributed by atoms with Crippen LogP contribution in [0.15, 0.2) is 91.0 Å². The van der Waals surface area contributed by atoms with Crippen LogP contribution < -0.4 is 0 Å². The molecule has 0 saturated heterocycles. The van der Waals surface area contributed by atoms with E-state index in [1.807, 2.05) is 48.5 Å². The predicted octanol–water partition coefficient (Wildman–Crippen LogP) is 7.28. The third-order valence-corrected chi connectivity index (χ3v) is 4.57. The highest BCUT2D eigenvalue weighted by molar-refractivity contribution is 6.30. The number of rotatable bonds is 3. The molecule has 4 rings (SSSR count). The molecule has 0 spiro atoms. The van der Waals surface area contributed by atoms with E-state index >= 15 is 0 Å². The van der Waals surface area contributed by atoms with E-state index in [0.29, 0.717) is 0 Å². The molecule has 0 bridgehead atoms. The zero-order valence-corrected chi connectivity index (χ0v) is 14.7. The van der Waals surface area contributed by atoms with Crippen molar-refractivity contribution in [3.8, 4) is 33.4 Å². The van der Waals surface area contributed by atoms with Crippen molar-refractivity contribution in [1.82, 2.24) is 0 Å². The van der Waals surface area contributed by atoms with Crippen LogP contribution in [-0.2, 0) is 0 Å². The Kier molecular flexibility index (Phi) is 4.55. The molecule has 0 N–H and O–H groups in total. The minimum Gasteiger partial charge on any atom is -0.207 e. The summed E-state index contributed by atoms with van der Waals surface area (Å²) in [7, 11) is 0. The van der Waals surface area contributed by atoms with Gasteiger partial charge >= 0.3 is 0 Å². The van der Waals surface area contributed by atoms with Crippen LogP contribution >= 0.6 is 11.6 Å². The molecule has 1 radical (unpaired) electrons. The smallest absolute Gasteiger partial charge is 0.123 e. The topological polar surface area (TPSA) is 0 Å². The Bertz CT molecular complexity index is 1030. The highest BCUT2D eigenvalue weighted by Crippen LogP contribution is 2.29. The van der Waals surface area contributed by atoms with Gasteiger partial charge in [0.15, 0.2) is 0 Å². The van der Waals surface area contributed by atoms with E-state index in [-0.39, 0.29) is 5.82 Å². The van der Waals surface area contributed by atoms with Gasteiger partial charge in [-0.1, -0.05) is 72.3 Å². The van der Waals surface area contributed by atoms with Crippen LogP contribution in [0, 0.1) is 11.9 Å². The second-order valence-electron chi connectivity index (χ2n) is 6.09. The lowest BCUT2D eigenvalue weighted by atomic mass is 9.97. The fourth-order valence-electron chi connectivity index (χ4n) is 2.97. The number of halogens is 2. The lowest BCUT2D eigenvalue weighted by Gasteiger charge is -2.08. The van der Waals surface area contributed by atoms with Crippen molar-refractivity contribution in [3.63, 3.8) is 0 Å². The molecule has 4 aromatic carbocycles. The second kappa shape index (κ2) is 7.15. The maximum absolute atomic E-state index is 13.1. The van der Waals surface area contributed by atoms with E-state index in [2.05, 4.69) is 24.3 Å². The molecule has 26 heavy (non-hydrogen) atoms. The van der Waals surface area contributed by atoms with Crippen LogP contribution in [0.25, 0.3) is 33.4 Å².